The molecule has 1 aromatic heterocycles. The highest BCUT2D eigenvalue weighted by Crippen LogP contribution is 2.17. The van der Waals surface area contributed by atoms with Gasteiger partial charge in [0.2, 0.25) is 5.95 Å². The van der Waals surface area contributed by atoms with Crippen molar-refractivity contribution in [3.63, 3.8) is 0 Å². The highest BCUT2D eigenvalue weighted by atomic mass is 19.1. The second kappa shape index (κ2) is 7.53. The largest absolute Gasteiger partial charge is 0.344 e. The van der Waals surface area contributed by atoms with Gasteiger partial charge in [-0.1, -0.05) is 42.5 Å². The van der Waals surface area contributed by atoms with E-state index in [-0.39, 0.29) is 29.3 Å². The second-order valence-corrected chi connectivity index (χ2v) is 5.48. The number of rotatable bonds is 5. The van der Waals surface area contributed by atoms with Crippen LogP contribution in [0.25, 0.3) is 0 Å². The normalized spacial score (nSPS) is 11.6. The maximum atomic E-state index is 13.7. The van der Waals surface area contributed by atoms with Gasteiger partial charge in [-0.05, 0) is 30.7 Å². The molecule has 25 heavy (non-hydrogen) atoms. The van der Waals surface area contributed by atoms with Gasteiger partial charge in [0.1, 0.15) is 11.5 Å². The first-order valence-corrected chi connectivity index (χ1v) is 7.84. The van der Waals surface area contributed by atoms with E-state index >= 15 is 0 Å². The van der Waals surface area contributed by atoms with Crippen molar-refractivity contribution in [1.82, 2.24) is 15.3 Å². The summed E-state index contributed by atoms with van der Waals surface area (Å²) in [6, 6.07) is 17.2. The summed E-state index contributed by atoms with van der Waals surface area (Å²) in [5.74, 6) is -0.584. The molecule has 0 saturated heterocycles. The lowest BCUT2D eigenvalue weighted by Crippen LogP contribution is -2.27. The van der Waals surface area contributed by atoms with E-state index in [4.69, 9.17) is 0 Å². The standard InChI is InChI=1S/C19H17FN4O/c1-13(14-7-3-2-4-8-14)22-18(25)17-11-12-21-19(24-17)23-16-10-6-5-9-15(16)20/h2-13H,1H3,(H,22,25)(H,21,23,24). The Morgan fingerprint density at radius 1 is 1.04 bits per heavy atom. The van der Waals surface area contributed by atoms with Crippen molar-refractivity contribution in [2.75, 3.05) is 5.32 Å². The van der Waals surface area contributed by atoms with E-state index in [2.05, 4.69) is 20.6 Å². The number of nitrogens with zero attached hydrogens (tertiary/aromatic N) is 2. The molecule has 0 aliphatic rings. The molecule has 0 spiro atoms. The number of anilines is 2. The van der Waals surface area contributed by atoms with E-state index in [1.165, 1.54) is 18.3 Å². The third kappa shape index (κ3) is 4.17. The first kappa shape index (κ1) is 16.6. The number of carbonyl (C=O) groups is 1. The summed E-state index contributed by atoms with van der Waals surface area (Å²) in [4.78, 5) is 20.6. The highest BCUT2D eigenvalue weighted by molar-refractivity contribution is 5.92. The number of nitrogens with one attached hydrogen (secondary N) is 2. The summed E-state index contributed by atoms with van der Waals surface area (Å²) in [5, 5.41) is 5.66. The Balaban J connectivity index is 1.72. The first-order valence-electron chi connectivity index (χ1n) is 7.84. The summed E-state index contributed by atoms with van der Waals surface area (Å²) in [6.07, 6.45) is 1.46. The fourth-order valence-corrected chi connectivity index (χ4v) is 2.32. The quantitative estimate of drug-likeness (QED) is 0.743. The molecule has 1 heterocycles. The van der Waals surface area contributed by atoms with Gasteiger partial charge in [0.25, 0.3) is 5.91 Å². The van der Waals surface area contributed by atoms with Gasteiger partial charge in [-0.15, -0.1) is 0 Å². The molecule has 2 N–H and O–H groups in total. The van der Waals surface area contributed by atoms with Crippen LogP contribution in [-0.4, -0.2) is 15.9 Å². The molecule has 0 fully saturated rings. The molecule has 2 aromatic carbocycles. The summed E-state index contributed by atoms with van der Waals surface area (Å²) in [5.41, 5.74) is 1.45. The Morgan fingerprint density at radius 2 is 1.76 bits per heavy atom. The lowest BCUT2D eigenvalue weighted by molar-refractivity contribution is 0.0935. The number of carbonyl (C=O) groups excluding carboxylic acids is 1. The summed E-state index contributed by atoms with van der Waals surface area (Å²) >= 11 is 0. The highest BCUT2D eigenvalue weighted by Gasteiger charge is 2.13. The Kier molecular flexibility index (Phi) is 4.99. The molecule has 1 unspecified atom stereocenters. The first-order chi connectivity index (χ1) is 12.1. The second-order valence-electron chi connectivity index (χ2n) is 5.48. The minimum Gasteiger partial charge on any atom is -0.344 e. The Hall–Kier alpha value is -3.28. The van der Waals surface area contributed by atoms with Gasteiger partial charge in [-0.3, -0.25) is 4.79 Å². The molecule has 0 bridgehead atoms. The van der Waals surface area contributed by atoms with Crippen LogP contribution in [0.4, 0.5) is 16.0 Å². The maximum absolute atomic E-state index is 13.7. The monoisotopic (exact) mass is 336 g/mol. The number of amides is 1. The fourth-order valence-electron chi connectivity index (χ4n) is 2.32. The molecule has 1 atom stereocenters. The lowest BCUT2D eigenvalue weighted by atomic mass is 10.1. The summed E-state index contributed by atoms with van der Waals surface area (Å²) in [7, 11) is 0. The van der Waals surface area contributed by atoms with Gasteiger partial charge in [-0.25, -0.2) is 14.4 Å². The van der Waals surface area contributed by atoms with E-state index < -0.39 is 5.82 Å². The van der Waals surface area contributed by atoms with Crippen LogP contribution in [0.15, 0.2) is 66.9 Å². The minimum absolute atomic E-state index is 0.158. The molecule has 5 nitrogen and oxygen atoms in total. The Bertz CT molecular complexity index is 870. The van der Waals surface area contributed by atoms with Crippen molar-refractivity contribution in [1.29, 1.82) is 0 Å². The van der Waals surface area contributed by atoms with Gasteiger partial charge in [0, 0.05) is 6.20 Å². The fraction of sp³-hybridized carbons (Fsp3) is 0.105. The molecular weight excluding hydrogens is 319 g/mol. The van der Waals surface area contributed by atoms with Crippen LogP contribution in [0.1, 0.15) is 29.0 Å². The number of aromatic nitrogens is 2. The third-order valence-electron chi connectivity index (χ3n) is 3.66. The molecule has 126 valence electrons. The molecule has 0 aliphatic heterocycles. The zero-order chi connectivity index (χ0) is 17.6. The Labute approximate surface area is 145 Å². The lowest BCUT2D eigenvalue weighted by Gasteiger charge is -2.14. The van der Waals surface area contributed by atoms with Crippen molar-refractivity contribution < 1.29 is 9.18 Å². The molecule has 0 aliphatic carbocycles. The van der Waals surface area contributed by atoms with Gasteiger partial charge in [0.05, 0.1) is 11.7 Å². The van der Waals surface area contributed by atoms with Crippen molar-refractivity contribution in [2.24, 2.45) is 0 Å². The third-order valence-corrected chi connectivity index (χ3v) is 3.66. The van der Waals surface area contributed by atoms with Crippen LogP contribution < -0.4 is 10.6 Å². The predicted octanol–water partition coefficient (Wildman–Crippen LogP) is 3.85. The molecule has 3 rings (SSSR count). The van der Waals surface area contributed by atoms with E-state index in [1.54, 1.807) is 18.2 Å². The van der Waals surface area contributed by atoms with Crippen molar-refractivity contribution in [3.05, 3.63) is 83.9 Å². The van der Waals surface area contributed by atoms with Crippen LogP contribution in [0.3, 0.4) is 0 Å². The topological polar surface area (TPSA) is 66.9 Å². The molecule has 0 radical (unpaired) electrons. The van der Waals surface area contributed by atoms with E-state index in [0.29, 0.717) is 0 Å². The van der Waals surface area contributed by atoms with Gasteiger partial charge in [0.15, 0.2) is 0 Å². The van der Waals surface area contributed by atoms with Gasteiger partial charge < -0.3 is 10.6 Å². The van der Waals surface area contributed by atoms with E-state index in [0.717, 1.165) is 5.56 Å². The van der Waals surface area contributed by atoms with Crippen LogP contribution >= 0.6 is 0 Å². The minimum atomic E-state index is -0.418. The van der Waals surface area contributed by atoms with Crippen LogP contribution in [0.2, 0.25) is 0 Å². The van der Waals surface area contributed by atoms with Crippen molar-refractivity contribution >= 4 is 17.5 Å². The maximum Gasteiger partial charge on any atom is 0.270 e. The zero-order valence-corrected chi connectivity index (χ0v) is 13.6. The molecule has 3 aromatic rings. The summed E-state index contributed by atoms with van der Waals surface area (Å²) in [6.45, 7) is 1.90. The zero-order valence-electron chi connectivity index (χ0n) is 13.6. The van der Waals surface area contributed by atoms with Crippen molar-refractivity contribution in [2.45, 2.75) is 13.0 Å². The number of hydrogen-bond donors (Lipinski definition) is 2. The van der Waals surface area contributed by atoms with Crippen molar-refractivity contribution in [3.8, 4) is 0 Å². The summed E-state index contributed by atoms with van der Waals surface area (Å²) < 4.78 is 13.7. The van der Waals surface area contributed by atoms with Crippen LogP contribution in [-0.2, 0) is 0 Å². The molecule has 0 saturated carbocycles. The number of halogens is 1. The van der Waals surface area contributed by atoms with Crippen LogP contribution in [0.5, 0.6) is 0 Å². The SMILES string of the molecule is CC(NC(=O)c1ccnc(Nc2ccccc2F)n1)c1ccccc1. The smallest absolute Gasteiger partial charge is 0.270 e. The molecular formula is C19H17FN4O. The number of para-hydroxylation sites is 1. The number of benzene rings is 2. The number of hydrogen-bond acceptors (Lipinski definition) is 4. The Morgan fingerprint density at radius 3 is 2.52 bits per heavy atom. The van der Waals surface area contributed by atoms with Gasteiger partial charge >= 0.3 is 0 Å². The van der Waals surface area contributed by atoms with Crippen LogP contribution in [0, 0.1) is 5.82 Å². The van der Waals surface area contributed by atoms with E-state index in [9.17, 15) is 9.18 Å². The van der Waals surface area contributed by atoms with Gasteiger partial charge in [-0.2, -0.15) is 0 Å². The predicted molar refractivity (Wildman–Crippen MR) is 94.0 cm³/mol. The molecule has 1 amide bonds. The average Bonchev–Trinajstić information content (AvgIpc) is 2.64. The molecule has 6 heteroatoms. The van der Waals surface area contributed by atoms with E-state index in [1.807, 2.05) is 37.3 Å². The average molecular weight is 336 g/mol.